The number of aromatic nitrogens is 4. The largest absolute Gasteiger partial charge is 0.457 e. The number of benzene rings is 2. The van der Waals surface area contributed by atoms with E-state index in [-0.39, 0.29) is 24.5 Å². The Kier molecular flexibility index (Phi) is 8.33. The molecule has 12 heteroatoms. The number of rotatable bonds is 9. The van der Waals surface area contributed by atoms with Gasteiger partial charge in [-0.3, -0.25) is 18.8 Å². The molecule has 0 spiro atoms. The van der Waals surface area contributed by atoms with E-state index in [9.17, 15) is 14.9 Å². The van der Waals surface area contributed by atoms with Gasteiger partial charge in [0.15, 0.2) is 11.5 Å². The van der Waals surface area contributed by atoms with Gasteiger partial charge in [0.1, 0.15) is 35.0 Å². The molecule has 1 aliphatic rings. The lowest BCUT2D eigenvalue weighted by Gasteiger charge is -2.39. The first kappa shape index (κ1) is 28.5. The number of amides is 1. The minimum absolute atomic E-state index is 0.00523. The maximum atomic E-state index is 13.6. The van der Waals surface area contributed by atoms with Crippen LogP contribution in [0.25, 0.3) is 16.9 Å². The van der Waals surface area contributed by atoms with Crippen molar-refractivity contribution in [3.05, 3.63) is 83.1 Å². The third-order valence-electron chi connectivity index (χ3n) is 7.12. The van der Waals surface area contributed by atoms with Crippen molar-refractivity contribution in [1.82, 2.24) is 29.3 Å². The zero-order chi connectivity index (χ0) is 29.7. The molecule has 0 bridgehead atoms. The first-order valence-corrected chi connectivity index (χ1v) is 13.6. The van der Waals surface area contributed by atoms with Crippen molar-refractivity contribution in [2.24, 2.45) is 0 Å². The molecule has 216 valence electrons. The van der Waals surface area contributed by atoms with Gasteiger partial charge < -0.3 is 20.5 Å². The minimum Gasteiger partial charge on any atom is -0.457 e. The number of nitrogens with one attached hydrogen (secondary N) is 1. The average molecular weight is 569 g/mol. The van der Waals surface area contributed by atoms with E-state index in [0.29, 0.717) is 54.7 Å². The Hall–Kier alpha value is -4.99. The van der Waals surface area contributed by atoms with E-state index in [2.05, 4.69) is 20.2 Å². The number of nitrogen functional groups attached to an aromatic ring is 1. The molecule has 1 amide bonds. The van der Waals surface area contributed by atoms with Crippen LogP contribution in [0, 0.1) is 11.3 Å². The molecule has 2 aromatic carbocycles. The Bertz CT molecular complexity index is 1700. The molecule has 3 N–H and O–H groups in total. The smallest absolute Gasteiger partial charge is 0.335 e. The number of carbonyl (C=O) groups is 1. The molecule has 4 aromatic rings. The van der Waals surface area contributed by atoms with E-state index in [1.807, 2.05) is 50.2 Å². The molecule has 0 atom stereocenters. The van der Waals surface area contributed by atoms with E-state index >= 15 is 0 Å². The lowest BCUT2D eigenvalue weighted by atomic mass is 9.98. The first-order valence-electron chi connectivity index (χ1n) is 13.6. The number of imidazole rings is 1. The number of para-hydroxylation sites is 1. The molecule has 12 nitrogen and oxygen atoms in total. The van der Waals surface area contributed by atoms with Crippen molar-refractivity contribution >= 4 is 22.9 Å². The second-order valence-electron chi connectivity index (χ2n) is 10.3. The predicted molar refractivity (Wildman–Crippen MR) is 157 cm³/mol. The molecule has 1 saturated heterocycles. The molecule has 1 aliphatic heterocycles. The van der Waals surface area contributed by atoms with Gasteiger partial charge in [-0.15, -0.1) is 0 Å². The standard InChI is InChI=1S/C30H32N8O4/c1-30(2,36-14-16-41-17-15-36)18-21(19-31)28(39)33-12-13-37-27-25(26(32)34-20-35-27)38(29(37)40)22-8-10-24(11-9-22)42-23-6-4-3-5-7-23/h3-11,18,20H,12-17H2,1-2H3,(H,33,39)(H2,32,34,35). The summed E-state index contributed by atoms with van der Waals surface area (Å²) in [6.45, 7) is 6.74. The highest BCUT2D eigenvalue weighted by molar-refractivity contribution is 5.97. The van der Waals surface area contributed by atoms with Crippen LogP contribution in [0.1, 0.15) is 13.8 Å². The number of fused-ring (bicyclic) bond motifs is 1. The summed E-state index contributed by atoms with van der Waals surface area (Å²) < 4.78 is 14.1. The monoisotopic (exact) mass is 568 g/mol. The molecule has 0 aliphatic carbocycles. The van der Waals surface area contributed by atoms with Gasteiger partial charge in [0.05, 0.1) is 18.9 Å². The minimum atomic E-state index is -0.515. The fourth-order valence-corrected chi connectivity index (χ4v) is 4.94. The van der Waals surface area contributed by atoms with Gasteiger partial charge in [-0.1, -0.05) is 18.2 Å². The van der Waals surface area contributed by atoms with Crippen molar-refractivity contribution in [1.29, 1.82) is 5.26 Å². The fourth-order valence-electron chi connectivity index (χ4n) is 4.94. The van der Waals surface area contributed by atoms with Gasteiger partial charge in [-0.05, 0) is 56.3 Å². The fraction of sp³-hybridized carbons (Fsp3) is 0.300. The topological polar surface area (TPSA) is 153 Å². The molecule has 0 saturated carbocycles. The highest BCUT2D eigenvalue weighted by Crippen LogP contribution is 2.25. The van der Waals surface area contributed by atoms with E-state index in [1.54, 1.807) is 30.3 Å². The molecule has 3 heterocycles. The second kappa shape index (κ2) is 12.3. The van der Waals surface area contributed by atoms with Gasteiger partial charge in [0.2, 0.25) is 0 Å². The highest BCUT2D eigenvalue weighted by atomic mass is 16.5. The average Bonchev–Trinajstić information content (AvgIpc) is 3.29. The summed E-state index contributed by atoms with van der Waals surface area (Å²) in [6, 6.07) is 18.4. The van der Waals surface area contributed by atoms with Crippen molar-refractivity contribution in [3.8, 4) is 23.3 Å². The highest BCUT2D eigenvalue weighted by Gasteiger charge is 2.28. The molecule has 2 aromatic heterocycles. The van der Waals surface area contributed by atoms with Crippen LogP contribution >= 0.6 is 0 Å². The maximum Gasteiger partial charge on any atom is 0.335 e. The molecule has 1 fully saturated rings. The summed E-state index contributed by atoms with van der Waals surface area (Å²) in [7, 11) is 0. The SMILES string of the molecule is CC(C)(C=C(C#N)C(=O)NCCn1c(=O)n(-c2ccc(Oc3ccccc3)cc2)c2c(N)ncnc21)N1CCOCC1. The van der Waals surface area contributed by atoms with Crippen LogP contribution in [0.3, 0.4) is 0 Å². The number of nitrogens with two attached hydrogens (primary N) is 1. The Labute approximate surface area is 242 Å². The van der Waals surface area contributed by atoms with Crippen LogP contribution in [-0.2, 0) is 16.1 Å². The van der Waals surface area contributed by atoms with E-state index in [0.717, 1.165) is 0 Å². The second-order valence-corrected chi connectivity index (χ2v) is 10.3. The Morgan fingerprint density at radius 1 is 1.12 bits per heavy atom. The lowest BCUT2D eigenvalue weighted by Crippen LogP contribution is -2.49. The number of hydrogen-bond donors (Lipinski definition) is 2. The molecule has 5 rings (SSSR count). The zero-order valence-corrected chi connectivity index (χ0v) is 23.5. The van der Waals surface area contributed by atoms with Crippen LogP contribution in [0.15, 0.2) is 77.4 Å². The Balaban J connectivity index is 1.35. The van der Waals surface area contributed by atoms with E-state index < -0.39 is 17.1 Å². The van der Waals surface area contributed by atoms with E-state index in [4.69, 9.17) is 15.2 Å². The van der Waals surface area contributed by atoms with Gasteiger partial charge in [-0.2, -0.15) is 5.26 Å². The van der Waals surface area contributed by atoms with Crippen LogP contribution in [0.2, 0.25) is 0 Å². The maximum absolute atomic E-state index is 13.6. The van der Waals surface area contributed by atoms with Crippen molar-refractivity contribution in [2.75, 3.05) is 38.6 Å². The number of carbonyl (C=O) groups excluding carboxylic acids is 1. The van der Waals surface area contributed by atoms with Crippen molar-refractivity contribution in [3.63, 3.8) is 0 Å². The molecule has 0 unspecified atom stereocenters. The predicted octanol–water partition coefficient (Wildman–Crippen LogP) is 2.63. The number of anilines is 1. The third-order valence-corrected chi connectivity index (χ3v) is 7.12. The molecular weight excluding hydrogens is 536 g/mol. The summed E-state index contributed by atoms with van der Waals surface area (Å²) >= 11 is 0. The normalized spacial score (nSPS) is 14.5. The molecular formula is C30H32N8O4. The first-order chi connectivity index (χ1) is 20.3. The Morgan fingerprint density at radius 2 is 1.81 bits per heavy atom. The van der Waals surface area contributed by atoms with Crippen molar-refractivity contribution < 1.29 is 14.3 Å². The summed E-state index contributed by atoms with van der Waals surface area (Å²) in [6.07, 6.45) is 2.96. The Morgan fingerprint density at radius 3 is 2.50 bits per heavy atom. The van der Waals surface area contributed by atoms with Crippen LogP contribution < -0.4 is 21.5 Å². The quantitative estimate of drug-likeness (QED) is 0.229. The number of ether oxygens (including phenoxy) is 2. The van der Waals surface area contributed by atoms with Gasteiger partial charge in [0.25, 0.3) is 5.91 Å². The third kappa shape index (κ3) is 6.02. The molecule has 42 heavy (non-hydrogen) atoms. The number of nitrogens with zero attached hydrogens (tertiary/aromatic N) is 6. The number of morpholine rings is 1. The summed E-state index contributed by atoms with van der Waals surface area (Å²) in [5, 5.41) is 12.5. The van der Waals surface area contributed by atoms with Crippen LogP contribution in [0.4, 0.5) is 5.82 Å². The van der Waals surface area contributed by atoms with E-state index in [1.165, 1.54) is 15.5 Å². The number of hydrogen-bond acceptors (Lipinski definition) is 9. The van der Waals surface area contributed by atoms with Gasteiger partial charge in [-0.25, -0.2) is 14.8 Å². The zero-order valence-electron chi connectivity index (χ0n) is 23.5. The summed E-state index contributed by atoms with van der Waals surface area (Å²) in [5.74, 6) is 0.924. The summed E-state index contributed by atoms with van der Waals surface area (Å²) in [4.78, 5) is 37.1. The van der Waals surface area contributed by atoms with Crippen LogP contribution in [-0.4, -0.2) is 68.3 Å². The van der Waals surface area contributed by atoms with Gasteiger partial charge >= 0.3 is 5.69 Å². The van der Waals surface area contributed by atoms with Crippen LogP contribution in [0.5, 0.6) is 11.5 Å². The van der Waals surface area contributed by atoms with Gasteiger partial charge in [0, 0.05) is 31.7 Å². The number of nitriles is 1. The van der Waals surface area contributed by atoms with Crippen molar-refractivity contribution in [2.45, 2.75) is 25.9 Å². The molecule has 0 radical (unpaired) electrons. The lowest BCUT2D eigenvalue weighted by molar-refractivity contribution is -0.117. The summed E-state index contributed by atoms with van der Waals surface area (Å²) in [5.41, 5.74) is 6.53.